The Morgan fingerprint density at radius 1 is 1.08 bits per heavy atom. The molecule has 0 radical (unpaired) electrons. The van der Waals surface area contributed by atoms with Gasteiger partial charge in [-0.25, -0.2) is 0 Å². The molecule has 3 rings (SSSR count). The van der Waals surface area contributed by atoms with Crippen LogP contribution in [0.2, 0.25) is 0 Å². The van der Waals surface area contributed by atoms with Crippen LogP contribution in [0, 0.1) is 0 Å². The molecule has 2 aliphatic rings. The second kappa shape index (κ2) is 8.61. The van der Waals surface area contributed by atoms with Crippen molar-refractivity contribution in [2.24, 2.45) is 0 Å². The van der Waals surface area contributed by atoms with Crippen molar-refractivity contribution >= 4 is 28.8 Å². The first kappa shape index (κ1) is 18.8. The zero-order chi connectivity index (χ0) is 18.5. The normalized spacial score (nSPS) is 22.0. The van der Waals surface area contributed by atoms with Crippen molar-refractivity contribution in [3.8, 4) is 0 Å². The molecule has 9 heteroatoms. The highest BCUT2D eigenvalue weighted by Crippen LogP contribution is 2.17. The average Bonchev–Trinajstić information content (AvgIpc) is 2.68. The minimum atomic E-state index is -2.39. The van der Waals surface area contributed by atoms with Crippen LogP contribution in [0.3, 0.4) is 0 Å². The van der Waals surface area contributed by atoms with Crippen LogP contribution in [-0.4, -0.2) is 69.3 Å². The molecule has 1 N–H and O–H groups in total. The van der Waals surface area contributed by atoms with Gasteiger partial charge in [-0.05, 0) is 43.5 Å². The zero-order valence-corrected chi connectivity index (χ0v) is 15.2. The maximum Gasteiger partial charge on any atom is 0.253 e. The standard InChI is InChI=1S/C17H23N3O5S/c21-16(13-4-6-14(7-5-13)18-26(23)24)19-8-10-20(11-9-19)17(22)15-3-1-2-12-25-15/h4-7,15,18H,1-3,8-12H2,(H,23,24)/p-1. The molecule has 8 nitrogen and oxygen atoms in total. The lowest BCUT2D eigenvalue weighted by Crippen LogP contribution is -2.53. The van der Waals surface area contributed by atoms with Gasteiger partial charge in [-0.2, -0.15) is 0 Å². The van der Waals surface area contributed by atoms with Gasteiger partial charge >= 0.3 is 0 Å². The third-order valence-electron chi connectivity index (χ3n) is 4.67. The first-order chi connectivity index (χ1) is 12.5. The average molecular weight is 380 g/mol. The van der Waals surface area contributed by atoms with E-state index in [9.17, 15) is 18.4 Å². The number of benzene rings is 1. The van der Waals surface area contributed by atoms with Gasteiger partial charge in [0.15, 0.2) is 0 Å². The predicted molar refractivity (Wildman–Crippen MR) is 95.1 cm³/mol. The number of anilines is 1. The van der Waals surface area contributed by atoms with Crippen molar-refractivity contribution in [1.29, 1.82) is 0 Å². The van der Waals surface area contributed by atoms with Gasteiger partial charge in [0.25, 0.3) is 11.8 Å². The molecule has 2 unspecified atom stereocenters. The number of nitrogens with zero attached hydrogens (tertiary/aromatic N) is 2. The molecule has 1 aromatic carbocycles. The van der Waals surface area contributed by atoms with E-state index in [1.807, 2.05) is 0 Å². The highest BCUT2D eigenvalue weighted by molar-refractivity contribution is 7.80. The topological polar surface area (TPSA) is 102 Å². The summed E-state index contributed by atoms with van der Waals surface area (Å²) >= 11 is -2.39. The van der Waals surface area contributed by atoms with Crippen LogP contribution in [-0.2, 0) is 20.8 Å². The molecule has 2 atom stereocenters. The fourth-order valence-electron chi connectivity index (χ4n) is 3.23. The minimum Gasteiger partial charge on any atom is -0.755 e. The molecule has 2 aliphatic heterocycles. The van der Waals surface area contributed by atoms with Crippen LogP contribution in [0.5, 0.6) is 0 Å². The van der Waals surface area contributed by atoms with Crippen molar-refractivity contribution in [2.75, 3.05) is 37.5 Å². The lowest BCUT2D eigenvalue weighted by molar-refractivity contribution is -0.147. The Hall–Kier alpha value is -1.97. The second-order valence-corrected chi connectivity index (χ2v) is 7.06. The van der Waals surface area contributed by atoms with Gasteiger partial charge < -0.3 is 23.8 Å². The number of piperazine rings is 1. The Labute approximate surface area is 154 Å². The van der Waals surface area contributed by atoms with E-state index in [-0.39, 0.29) is 17.9 Å². The lowest BCUT2D eigenvalue weighted by atomic mass is 10.1. The lowest BCUT2D eigenvalue weighted by Gasteiger charge is -2.37. The Bertz CT molecular complexity index is 667. The van der Waals surface area contributed by atoms with Crippen molar-refractivity contribution < 1.29 is 23.1 Å². The van der Waals surface area contributed by atoms with Crippen molar-refractivity contribution in [1.82, 2.24) is 9.80 Å². The fraction of sp³-hybridized carbons (Fsp3) is 0.529. The molecule has 0 spiro atoms. The van der Waals surface area contributed by atoms with Gasteiger partial charge in [-0.3, -0.25) is 13.8 Å². The maximum atomic E-state index is 12.6. The fourth-order valence-corrected chi connectivity index (χ4v) is 3.56. The number of amides is 2. The summed E-state index contributed by atoms with van der Waals surface area (Å²) in [6.07, 6.45) is 2.45. The van der Waals surface area contributed by atoms with E-state index < -0.39 is 11.3 Å². The van der Waals surface area contributed by atoms with Gasteiger partial charge in [0, 0.05) is 55.3 Å². The Morgan fingerprint density at radius 2 is 1.73 bits per heavy atom. The summed E-state index contributed by atoms with van der Waals surface area (Å²) in [5, 5.41) is 0. The molecule has 26 heavy (non-hydrogen) atoms. The number of rotatable bonds is 4. The summed E-state index contributed by atoms with van der Waals surface area (Å²) in [6, 6.07) is 6.27. The quantitative estimate of drug-likeness (QED) is 0.777. The van der Waals surface area contributed by atoms with E-state index in [0.29, 0.717) is 44.0 Å². The summed E-state index contributed by atoms with van der Waals surface area (Å²) < 4.78 is 29.0. The third-order valence-corrected chi connectivity index (χ3v) is 5.07. The maximum absolute atomic E-state index is 12.6. The Morgan fingerprint density at radius 3 is 2.31 bits per heavy atom. The molecule has 142 valence electrons. The van der Waals surface area contributed by atoms with Crippen LogP contribution < -0.4 is 4.72 Å². The van der Waals surface area contributed by atoms with Gasteiger partial charge in [-0.1, -0.05) is 0 Å². The molecule has 0 bridgehead atoms. The van der Waals surface area contributed by atoms with Gasteiger partial charge in [0.05, 0.1) is 0 Å². The van der Waals surface area contributed by atoms with Crippen LogP contribution in [0.25, 0.3) is 0 Å². The molecule has 1 aromatic rings. The molecule has 0 aliphatic carbocycles. The van der Waals surface area contributed by atoms with Crippen LogP contribution in [0.1, 0.15) is 29.6 Å². The summed E-state index contributed by atoms with van der Waals surface area (Å²) in [5.74, 6) is -0.0985. The second-order valence-electron chi connectivity index (χ2n) is 6.39. The van der Waals surface area contributed by atoms with E-state index in [2.05, 4.69) is 4.72 Å². The number of carbonyl (C=O) groups is 2. The first-order valence-corrected chi connectivity index (χ1v) is 9.78. The molecule has 2 saturated heterocycles. The number of hydrogen-bond donors (Lipinski definition) is 1. The summed E-state index contributed by atoms with van der Waals surface area (Å²) in [6.45, 7) is 2.59. The van der Waals surface area contributed by atoms with Crippen molar-refractivity contribution in [3.05, 3.63) is 29.8 Å². The number of carbonyl (C=O) groups excluding carboxylic acids is 2. The monoisotopic (exact) mass is 380 g/mol. The molecule has 2 heterocycles. The summed E-state index contributed by atoms with van der Waals surface area (Å²) in [5.41, 5.74) is 0.889. The predicted octanol–water partition coefficient (Wildman–Crippen LogP) is 0.746. The molecule has 0 saturated carbocycles. The first-order valence-electron chi connectivity index (χ1n) is 8.70. The van der Waals surface area contributed by atoms with E-state index in [1.165, 1.54) is 0 Å². The molecule has 2 amide bonds. The van der Waals surface area contributed by atoms with E-state index in [4.69, 9.17) is 4.74 Å². The van der Waals surface area contributed by atoms with Gasteiger partial charge in [0.1, 0.15) is 6.10 Å². The SMILES string of the molecule is O=C(c1ccc(NS(=O)[O-])cc1)N1CCN(C(=O)C2CCCCO2)CC1. The van der Waals surface area contributed by atoms with E-state index in [0.717, 1.165) is 19.3 Å². The number of nitrogens with one attached hydrogen (secondary N) is 1. The highest BCUT2D eigenvalue weighted by Gasteiger charge is 2.30. The Balaban J connectivity index is 1.53. The molecular weight excluding hydrogens is 358 g/mol. The zero-order valence-electron chi connectivity index (χ0n) is 14.4. The van der Waals surface area contributed by atoms with Crippen LogP contribution >= 0.6 is 0 Å². The molecular formula is C17H22N3O5S-. The van der Waals surface area contributed by atoms with Crippen molar-refractivity contribution in [2.45, 2.75) is 25.4 Å². The van der Waals surface area contributed by atoms with E-state index >= 15 is 0 Å². The summed E-state index contributed by atoms with van der Waals surface area (Å²) in [7, 11) is 0. The largest absolute Gasteiger partial charge is 0.755 e. The highest BCUT2D eigenvalue weighted by atomic mass is 32.2. The van der Waals surface area contributed by atoms with Gasteiger partial charge in [0.2, 0.25) is 0 Å². The number of ether oxygens (including phenoxy) is 1. The van der Waals surface area contributed by atoms with E-state index in [1.54, 1.807) is 34.1 Å². The molecule has 2 fully saturated rings. The van der Waals surface area contributed by atoms with Crippen LogP contribution in [0.4, 0.5) is 5.69 Å². The Kier molecular flexibility index (Phi) is 6.23. The minimum absolute atomic E-state index is 0.0258. The van der Waals surface area contributed by atoms with Crippen LogP contribution in [0.15, 0.2) is 24.3 Å². The van der Waals surface area contributed by atoms with Gasteiger partial charge in [-0.15, -0.1) is 0 Å². The smallest absolute Gasteiger partial charge is 0.253 e. The molecule has 0 aromatic heterocycles. The number of hydrogen-bond acceptors (Lipinski definition) is 5. The third kappa shape index (κ3) is 4.60. The summed E-state index contributed by atoms with van der Waals surface area (Å²) in [4.78, 5) is 28.5. The van der Waals surface area contributed by atoms with Crippen molar-refractivity contribution in [3.63, 3.8) is 0 Å².